The normalized spacial score (nSPS) is 16.5. The van der Waals surface area contributed by atoms with Crippen LogP contribution in [-0.2, 0) is 0 Å². The van der Waals surface area contributed by atoms with Crippen LogP contribution in [0.2, 0.25) is 0 Å². The zero-order chi connectivity index (χ0) is 7.68. The van der Waals surface area contributed by atoms with Crippen molar-refractivity contribution in [3.63, 3.8) is 0 Å². The highest BCUT2D eigenvalue weighted by Crippen LogP contribution is 2.26. The number of hydrazine groups is 1. The Morgan fingerprint density at radius 1 is 1.36 bits per heavy atom. The van der Waals surface area contributed by atoms with Gasteiger partial charge in [-0.3, -0.25) is 5.01 Å². The highest BCUT2D eigenvalue weighted by atomic mass is 15.5. The van der Waals surface area contributed by atoms with Gasteiger partial charge in [0, 0.05) is 6.04 Å². The van der Waals surface area contributed by atoms with E-state index in [1.54, 1.807) is 5.01 Å². The number of rotatable bonds is 2. The first-order chi connectivity index (χ1) is 5.38. The van der Waals surface area contributed by atoms with E-state index in [1.807, 2.05) is 0 Å². The van der Waals surface area contributed by atoms with Gasteiger partial charge in [-0.25, -0.2) is 20.8 Å². The molecular formula is C6H9N5. The minimum atomic E-state index is 0.442. The highest BCUT2D eigenvalue weighted by molar-refractivity contribution is 5.28. The van der Waals surface area contributed by atoms with Crippen LogP contribution < -0.4 is 10.9 Å². The number of hydrogen-bond donors (Lipinski definition) is 1. The second kappa shape index (κ2) is 2.43. The lowest BCUT2D eigenvalue weighted by atomic mass is 10.6. The topological polar surface area (TPSA) is 67.9 Å². The lowest BCUT2D eigenvalue weighted by Crippen LogP contribution is -2.34. The number of nitrogens with zero attached hydrogens (tertiary/aromatic N) is 4. The molecule has 1 aliphatic carbocycles. The SMILES string of the molecule is NN(c1ncncn1)C1CC1. The minimum Gasteiger partial charge on any atom is -0.276 e. The molecule has 0 aromatic carbocycles. The monoisotopic (exact) mass is 151 g/mol. The molecule has 5 nitrogen and oxygen atoms in total. The van der Waals surface area contributed by atoms with E-state index in [4.69, 9.17) is 5.84 Å². The van der Waals surface area contributed by atoms with Crippen LogP contribution in [-0.4, -0.2) is 21.0 Å². The summed E-state index contributed by atoms with van der Waals surface area (Å²) < 4.78 is 0. The molecule has 0 spiro atoms. The first-order valence-corrected chi connectivity index (χ1v) is 3.54. The molecule has 0 unspecified atom stereocenters. The van der Waals surface area contributed by atoms with Gasteiger partial charge in [-0.1, -0.05) is 0 Å². The van der Waals surface area contributed by atoms with E-state index >= 15 is 0 Å². The maximum absolute atomic E-state index is 5.68. The third-order valence-electron chi connectivity index (χ3n) is 1.65. The van der Waals surface area contributed by atoms with Gasteiger partial charge in [0.25, 0.3) is 0 Å². The Balaban J connectivity index is 2.15. The average molecular weight is 151 g/mol. The van der Waals surface area contributed by atoms with Gasteiger partial charge in [-0.05, 0) is 12.8 Å². The van der Waals surface area contributed by atoms with Crippen molar-refractivity contribution in [1.82, 2.24) is 15.0 Å². The van der Waals surface area contributed by atoms with E-state index in [1.165, 1.54) is 12.7 Å². The lowest BCUT2D eigenvalue weighted by Gasteiger charge is -2.13. The van der Waals surface area contributed by atoms with Crippen LogP contribution in [0.4, 0.5) is 5.95 Å². The average Bonchev–Trinajstić information content (AvgIpc) is 2.87. The quantitative estimate of drug-likeness (QED) is 0.465. The van der Waals surface area contributed by atoms with Gasteiger partial charge in [0.05, 0.1) is 0 Å². The Bertz CT molecular complexity index is 232. The lowest BCUT2D eigenvalue weighted by molar-refractivity contribution is 0.792. The fraction of sp³-hybridized carbons (Fsp3) is 0.500. The fourth-order valence-electron chi connectivity index (χ4n) is 0.882. The fourth-order valence-corrected chi connectivity index (χ4v) is 0.882. The van der Waals surface area contributed by atoms with E-state index in [-0.39, 0.29) is 0 Å². The van der Waals surface area contributed by atoms with Crippen LogP contribution >= 0.6 is 0 Å². The smallest absolute Gasteiger partial charge is 0.243 e. The zero-order valence-corrected chi connectivity index (χ0v) is 6.01. The van der Waals surface area contributed by atoms with Crippen LogP contribution in [0.25, 0.3) is 0 Å². The molecule has 0 radical (unpaired) electrons. The van der Waals surface area contributed by atoms with Crippen molar-refractivity contribution in [3.8, 4) is 0 Å². The summed E-state index contributed by atoms with van der Waals surface area (Å²) in [7, 11) is 0. The van der Waals surface area contributed by atoms with Crippen molar-refractivity contribution in [2.75, 3.05) is 5.01 Å². The Kier molecular flexibility index (Phi) is 1.43. The van der Waals surface area contributed by atoms with E-state index in [0.29, 0.717) is 12.0 Å². The Labute approximate surface area is 64.2 Å². The first-order valence-electron chi connectivity index (χ1n) is 3.54. The molecule has 1 heterocycles. The molecular weight excluding hydrogens is 142 g/mol. The van der Waals surface area contributed by atoms with Crippen LogP contribution in [0, 0.1) is 0 Å². The minimum absolute atomic E-state index is 0.442. The van der Waals surface area contributed by atoms with Gasteiger partial charge < -0.3 is 0 Å². The molecule has 1 aromatic heterocycles. The van der Waals surface area contributed by atoms with Gasteiger partial charge in [0.2, 0.25) is 5.95 Å². The summed E-state index contributed by atoms with van der Waals surface area (Å²) in [5.41, 5.74) is 0. The van der Waals surface area contributed by atoms with Crippen molar-refractivity contribution < 1.29 is 0 Å². The molecule has 11 heavy (non-hydrogen) atoms. The van der Waals surface area contributed by atoms with Crippen LogP contribution in [0.15, 0.2) is 12.7 Å². The summed E-state index contributed by atoms with van der Waals surface area (Å²) in [5, 5.41) is 1.60. The zero-order valence-electron chi connectivity index (χ0n) is 6.01. The molecule has 1 aromatic rings. The van der Waals surface area contributed by atoms with Crippen LogP contribution in [0.1, 0.15) is 12.8 Å². The first kappa shape index (κ1) is 6.48. The number of aromatic nitrogens is 3. The third-order valence-corrected chi connectivity index (χ3v) is 1.65. The maximum Gasteiger partial charge on any atom is 0.243 e. The summed E-state index contributed by atoms with van der Waals surface area (Å²) in [5.74, 6) is 6.24. The Hall–Kier alpha value is -1.23. The van der Waals surface area contributed by atoms with Crippen molar-refractivity contribution in [2.45, 2.75) is 18.9 Å². The van der Waals surface area contributed by atoms with E-state index < -0.39 is 0 Å². The highest BCUT2D eigenvalue weighted by Gasteiger charge is 2.28. The van der Waals surface area contributed by atoms with E-state index in [9.17, 15) is 0 Å². The largest absolute Gasteiger partial charge is 0.276 e. The summed E-state index contributed by atoms with van der Waals surface area (Å²) in [6, 6.07) is 0.442. The molecule has 0 amide bonds. The standard InChI is InChI=1S/C6H9N5/c7-11(5-1-2-5)6-9-3-8-4-10-6/h3-5H,1-2,7H2. The van der Waals surface area contributed by atoms with Gasteiger partial charge in [0.15, 0.2) is 0 Å². The maximum atomic E-state index is 5.68. The van der Waals surface area contributed by atoms with Crippen molar-refractivity contribution in [3.05, 3.63) is 12.7 Å². The van der Waals surface area contributed by atoms with Crippen LogP contribution in [0.3, 0.4) is 0 Å². The molecule has 0 atom stereocenters. The number of hydrogen-bond acceptors (Lipinski definition) is 5. The van der Waals surface area contributed by atoms with Crippen molar-refractivity contribution in [2.24, 2.45) is 5.84 Å². The molecule has 1 aliphatic rings. The van der Waals surface area contributed by atoms with Gasteiger partial charge in [0.1, 0.15) is 12.7 Å². The molecule has 0 aliphatic heterocycles. The number of anilines is 1. The van der Waals surface area contributed by atoms with E-state index in [0.717, 1.165) is 12.8 Å². The Morgan fingerprint density at radius 2 is 2.00 bits per heavy atom. The number of nitrogens with two attached hydrogens (primary N) is 1. The summed E-state index contributed by atoms with van der Waals surface area (Å²) in [6.45, 7) is 0. The summed E-state index contributed by atoms with van der Waals surface area (Å²) in [4.78, 5) is 11.5. The molecule has 5 heteroatoms. The molecule has 1 fully saturated rings. The molecule has 0 saturated heterocycles. The van der Waals surface area contributed by atoms with Gasteiger partial charge in [-0.15, -0.1) is 0 Å². The molecule has 2 rings (SSSR count). The third kappa shape index (κ3) is 1.27. The molecule has 0 bridgehead atoms. The van der Waals surface area contributed by atoms with Crippen molar-refractivity contribution >= 4 is 5.95 Å². The summed E-state index contributed by atoms with van der Waals surface area (Å²) in [6.07, 6.45) is 5.18. The molecule has 58 valence electrons. The Morgan fingerprint density at radius 3 is 2.55 bits per heavy atom. The van der Waals surface area contributed by atoms with Crippen molar-refractivity contribution in [1.29, 1.82) is 0 Å². The summed E-state index contributed by atoms with van der Waals surface area (Å²) >= 11 is 0. The van der Waals surface area contributed by atoms with Crippen LogP contribution in [0.5, 0.6) is 0 Å². The predicted octanol–water partition coefficient (Wildman–Crippen LogP) is -0.286. The van der Waals surface area contributed by atoms with Gasteiger partial charge >= 0.3 is 0 Å². The van der Waals surface area contributed by atoms with E-state index in [2.05, 4.69) is 15.0 Å². The second-order valence-corrected chi connectivity index (χ2v) is 2.58. The van der Waals surface area contributed by atoms with Gasteiger partial charge in [-0.2, -0.15) is 0 Å². The molecule has 2 N–H and O–H groups in total. The second-order valence-electron chi connectivity index (χ2n) is 2.58. The molecule has 1 saturated carbocycles. The predicted molar refractivity (Wildman–Crippen MR) is 39.5 cm³/mol.